The maximum absolute atomic E-state index is 2.46. The third-order valence-corrected chi connectivity index (χ3v) is 6.03. The fourth-order valence-electron chi connectivity index (χ4n) is 4.98. The molecule has 0 bridgehead atoms. The topological polar surface area (TPSA) is 0 Å². The van der Waals surface area contributed by atoms with Gasteiger partial charge < -0.3 is 0 Å². The van der Waals surface area contributed by atoms with Crippen LogP contribution in [-0.2, 0) is 12.8 Å². The summed E-state index contributed by atoms with van der Waals surface area (Å²) in [5, 5.41) is 5.69. The molecule has 0 spiro atoms. The number of rotatable bonds is 1. The van der Waals surface area contributed by atoms with Crippen LogP contribution in [0.1, 0.15) is 28.2 Å². The van der Waals surface area contributed by atoms with E-state index in [1.54, 1.807) is 5.57 Å². The minimum atomic E-state index is 0.518. The Labute approximate surface area is 147 Å². The van der Waals surface area contributed by atoms with Crippen molar-refractivity contribution in [3.05, 3.63) is 101 Å². The van der Waals surface area contributed by atoms with Crippen molar-refractivity contribution in [2.45, 2.75) is 18.8 Å². The van der Waals surface area contributed by atoms with Crippen molar-refractivity contribution in [2.75, 3.05) is 0 Å². The van der Waals surface area contributed by atoms with E-state index in [1.807, 2.05) is 0 Å². The van der Waals surface area contributed by atoms with Gasteiger partial charge in [-0.25, -0.2) is 0 Å². The number of hydrogen-bond acceptors (Lipinski definition) is 0. The summed E-state index contributed by atoms with van der Waals surface area (Å²) >= 11 is 0. The number of hydrogen-bond donors (Lipinski definition) is 0. The minimum absolute atomic E-state index is 0.518. The van der Waals surface area contributed by atoms with Crippen LogP contribution in [0.4, 0.5) is 0 Å². The van der Waals surface area contributed by atoms with E-state index in [0.717, 1.165) is 12.8 Å². The Balaban J connectivity index is 1.55. The molecule has 0 fully saturated rings. The van der Waals surface area contributed by atoms with E-state index in [4.69, 9.17) is 0 Å². The molecule has 4 aromatic rings. The molecule has 0 saturated carbocycles. The lowest BCUT2D eigenvalue weighted by Gasteiger charge is -2.23. The Morgan fingerprint density at radius 3 is 2.16 bits per heavy atom. The molecule has 118 valence electrons. The molecule has 2 aliphatic rings. The van der Waals surface area contributed by atoms with Gasteiger partial charge in [0, 0.05) is 5.92 Å². The molecule has 0 nitrogen and oxygen atoms in total. The smallest absolute Gasteiger partial charge is 0.0102 e. The van der Waals surface area contributed by atoms with Crippen LogP contribution in [0, 0.1) is 0 Å². The van der Waals surface area contributed by atoms with Crippen molar-refractivity contribution in [1.29, 1.82) is 0 Å². The summed E-state index contributed by atoms with van der Waals surface area (Å²) in [4.78, 5) is 0. The average molecular weight is 318 g/mol. The Kier molecular flexibility index (Phi) is 2.59. The average Bonchev–Trinajstić information content (AvgIpc) is 3.03. The second kappa shape index (κ2) is 4.83. The first-order chi connectivity index (χ1) is 12.4. The van der Waals surface area contributed by atoms with Gasteiger partial charge in [-0.1, -0.05) is 84.4 Å². The lowest BCUT2D eigenvalue weighted by atomic mass is 9.81. The molecule has 0 aromatic heterocycles. The van der Waals surface area contributed by atoms with Crippen LogP contribution in [-0.4, -0.2) is 0 Å². The van der Waals surface area contributed by atoms with E-state index >= 15 is 0 Å². The molecule has 0 saturated heterocycles. The molecule has 1 atom stereocenters. The zero-order valence-corrected chi connectivity index (χ0v) is 14.0. The van der Waals surface area contributed by atoms with Gasteiger partial charge in [-0.2, -0.15) is 0 Å². The van der Waals surface area contributed by atoms with E-state index in [9.17, 15) is 0 Å². The van der Waals surface area contributed by atoms with Gasteiger partial charge in [0.1, 0.15) is 0 Å². The molecule has 0 aliphatic heterocycles. The molecule has 0 radical (unpaired) electrons. The maximum atomic E-state index is 2.46. The first kappa shape index (κ1) is 13.4. The van der Waals surface area contributed by atoms with Crippen LogP contribution >= 0.6 is 0 Å². The third-order valence-electron chi connectivity index (χ3n) is 6.03. The second-order valence-corrected chi connectivity index (χ2v) is 7.38. The highest BCUT2D eigenvalue weighted by atomic mass is 14.3. The van der Waals surface area contributed by atoms with Gasteiger partial charge in [-0.15, -0.1) is 0 Å². The van der Waals surface area contributed by atoms with Crippen LogP contribution in [0.5, 0.6) is 0 Å². The summed E-state index contributed by atoms with van der Waals surface area (Å²) in [6.45, 7) is 0. The summed E-state index contributed by atoms with van der Waals surface area (Å²) in [5.41, 5.74) is 7.46. The summed E-state index contributed by atoms with van der Waals surface area (Å²) < 4.78 is 0. The molecule has 1 unspecified atom stereocenters. The molecule has 4 aromatic carbocycles. The molecule has 0 heterocycles. The van der Waals surface area contributed by atoms with E-state index in [1.165, 1.54) is 43.8 Å². The Bertz CT molecular complexity index is 1180. The van der Waals surface area contributed by atoms with Gasteiger partial charge in [-0.05, 0) is 56.6 Å². The van der Waals surface area contributed by atoms with E-state index in [0.29, 0.717) is 5.92 Å². The van der Waals surface area contributed by atoms with Gasteiger partial charge in [0.2, 0.25) is 0 Å². The van der Waals surface area contributed by atoms with Crippen molar-refractivity contribution in [2.24, 2.45) is 0 Å². The van der Waals surface area contributed by atoms with Crippen molar-refractivity contribution in [1.82, 2.24) is 0 Å². The zero-order valence-electron chi connectivity index (χ0n) is 14.0. The molecule has 2 aliphatic carbocycles. The SMILES string of the molecule is C1=C(C2Cc3cccc4cccc2c34)Cc2cccc3cccc1c23. The van der Waals surface area contributed by atoms with Crippen LogP contribution < -0.4 is 0 Å². The van der Waals surface area contributed by atoms with Crippen LogP contribution in [0.2, 0.25) is 0 Å². The summed E-state index contributed by atoms with van der Waals surface area (Å²) in [5.74, 6) is 0.518. The first-order valence-electron chi connectivity index (χ1n) is 9.10. The first-order valence-corrected chi connectivity index (χ1v) is 9.10. The van der Waals surface area contributed by atoms with Crippen LogP contribution in [0.3, 0.4) is 0 Å². The summed E-state index contributed by atoms with van der Waals surface area (Å²) in [6.07, 6.45) is 4.68. The molecule has 0 N–H and O–H groups in total. The highest BCUT2D eigenvalue weighted by Gasteiger charge is 2.28. The van der Waals surface area contributed by atoms with Gasteiger partial charge in [0.25, 0.3) is 0 Å². The quantitative estimate of drug-likeness (QED) is 0.388. The molecular weight excluding hydrogens is 300 g/mol. The zero-order chi connectivity index (χ0) is 16.4. The number of benzene rings is 4. The highest BCUT2D eigenvalue weighted by molar-refractivity contribution is 5.97. The monoisotopic (exact) mass is 318 g/mol. The second-order valence-electron chi connectivity index (χ2n) is 7.38. The van der Waals surface area contributed by atoms with Crippen molar-refractivity contribution < 1.29 is 0 Å². The standard InChI is InChI=1S/C25H18/c1-5-16-6-2-10-19-14-21(13-18(9-1)24(16)19)23-15-20-11-3-7-17-8-4-12-22(23)25(17)20/h1-13,23H,14-15H2. The minimum Gasteiger partial charge on any atom is -0.0614 e. The Morgan fingerprint density at radius 1 is 0.640 bits per heavy atom. The Hall–Kier alpha value is -2.86. The van der Waals surface area contributed by atoms with Crippen LogP contribution in [0.15, 0.2) is 78.4 Å². The predicted molar refractivity (Wildman–Crippen MR) is 106 cm³/mol. The molecule has 0 amide bonds. The maximum Gasteiger partial charge on any atom is 0.0102 e. The summed E-state index contributed by atoms with van der Waals surface area (Å²) in [7, 11) is 0. The number of allylic oxidation sites excluding steroid dienone is 1. The summed E-state index contributed by atoms with van der Waals surface area (Å²) in [6, 6.07) is 27.0. The van der Waals surface area contributed by atoms with E-state index in [-0.39, 0.29) is 0 Å². The van der Waals surface area contributed by atoms with Crippen LogP contribution in [0.25, 0.3) is 27.6 Å². The molecular formula is C25H18. The van der Waals surface area contributed by atoms with Crippen molar-refractivity contribution >= 4 is 27.6 Å². The van der Waals surface area contributed by atoms with Gasteiger partial charge >= 0.3 is 0 Å². The van der Waals surface area contributed by atoms with E-state index < -0.39 is 0 Å². The normalized spacial score (nSPS) is 17.9. The fraction of sp³-hybridized carbons (Fsp3) is 0.120. The van der Waals surface area contributed by atoms with E-state index in [2.05, 4.69) is 78.9 Å². The fourth-order valence-corrected chi connectivity index (χ4v) is 4.98. The predicted octanol–water partition coefficient (Wildman–Crippen LogP) is 6.27. The van der Waals surface area contributed by atoms with Crippen molar-refractivity contribution in [3.63, 3.8) is 0 Å². The van der Waals surface area contributed by atoms with Gasteiger partial charge in [-0.3, -0.25) is 0 Å². The Morgan fingerprint density at radius 2 is 1.32 bits per heavy atom. The molecule has 0 heteroatoms. The van der Waals surface area contributed by atoms with Gasteiger partial charge in [0.15, 0.2) is 0 Å². The van der Waals surface area contributed by atoms with Gasteiger partial charge in [0.05, 0.1) is 0 Å². The largest absolute Gasteiger partial charge is 0.0614 e. The molecule has 6 rings (SSSR count). The molecule has 25 heavy (non-hydrogen) atoms. The lowest BCUT2D eigenvalue weighted by molar-refractivity contribution is 0.801. The van der Waals surface area contributed by atoms with Crippen molar-refractivity contribution in [3.8, 4) is 0 Å². The highest BCUT2D eigenvalue weighted by Crippen LogP contribution is 2.45. The third kappa shape index (κ3) is 1.83. The lowest BCUT2D eigenvalue weighted by Crippen LogP contribution is -2.08.